The number of hydrogen-bond acceptors (Lipinski definition) is 3. The van der Waals surface area contributed by atoms with E-state index in [1.54, 1.807) is 11.3 Å². The third-order valence-electron chi connectivity index (χ3n) is 3.23. The Hall–Kier alpha value is -0.850. The van der Waals surface area contributed by atoms with Crippen molar-refractivity contribution >= 4 is 11.3 Å². The van der Waals surface area contributed by atoms with Crippen molar-refractivity contribution < 1.29 is 5.11 Å². The smallest absolute Gasteiger partial charge is 0.106 e. The van der Waals surface area contributed by atoms with Gasteiger partial charge in [0.1, 0.15) is 6.10 Å². The van der Waals surface area contributed by atoms with Crippen LogP contribution in [0.4, 0.5) is 0 Å². The van der Waals surface area contributed by atoms with Crippen molar-refractivity contribution in [2.45, 2.75) is 52.6 Å². The lowest BCUT2D eigenvalue weighted by Gasteiger charge is -2.25. The van der Waals surface area contributed by atoms with E-state index in [1.807, 2.05) is 19.9 Å². The molecule has 1 N–H and O–H groups in total. The van der Waals surface area contributed by atoms with Crippen molar-refractivity contribution in [1.29, 1.82) is 5.26 Å². The number of aliphatic hydroxyl groups is 1. The van der Waals surface area contributed by atoms with Crippen molar-refractivity contribution in [2.75, 3.05) is 0 Å². The van der Waals surface area contributed by atoms with Crippen LogP contribution in [-0.2, 0) is 5.41 Å². The maximum absolute atomic E-state index is 10.3. The average molecular weight is 251 g/mol. The Morgan fingerprint density at radius 3 is 2.29 bits per heavy atom. The van der Waals surface area contributed by atoms with Crippen LogP contribution in [0.3, 0.4) is 0 Å². The van der Waals surface area contributed by atoms with Gasteiger partial charge in [-0.1, -0.05) is 27.7 Å². The largest absolute Gasteiger partial charge is 0.386 e. The molecule has 2 unspecified atom stereocenters. The lowest BCUT2D eigenvalue weighted by molar-refractivity contribution is 0.0754. The Morgan fingerprint density at radius 1 is 1.35 bits per heavy atom. The summed E-state index contributed by atoms with van der Waals surface area (Å²) in [6, 6.07) is 6.23. The first kappa shape index (κ1) is 14.2. The first-order valence-corrected chi connectivity index (χ1v) is 6.76. The van der Waals surface area contributed by atoms with Gasteiger partial charge >= 0.3 is 0 Å². The van der Waals surface area contributed by atoms with E-state index >= 15 is 0 Å². The third kappa shape index (κ3) is 2.88. The van der Waals surface area contributed by atoms with Crippen LogP contribution in [0, 0.1) is 16.7 Å². The first-order valence-electron chi connectivity index (χ1n) is 5.94. The molecule has 0 aliphatic rings. The number of nitrogens with zero attached hydrogens (tertiary/aromatic N) is 1. The van der Waals surface area contributed by atoms with E-state index in [1.165, 1.54) is 4.88 Å². The Balaban J connectivity index is 3.03. The zero-order valence-electron chi connectivity index (χ0n) is 11.2. The molecular formula is C14H21NOS. The number of aliphatic hydroxyl groups excluding tert-OH is 1. The summed E-state index contributed by atoms with van der Waals surface area (Å²) in [5.41, 5.74) is -0.599. The molecular weight excluding hydrogens is 230 g/mol. The fourth-order valence-electron chi connectivity index (χ4n) is 1.55. The molecule has 17 heavy (non-hydrogen) atoms. The summed E-state index contributed by atoms with van der Waals surface area (Å²) < 4.78 is 0. The summed E-state index contributed by atoms with van der Waals surface area (Å²) in [5.74, 6) is 0. The number of hydrogen-bond donors (Lipinski definition) is 1. The fourth-order valence-corrected chi connectivity index (χ4v) is 2.75. The summed E-state index contributed by atoms with van der Waals surface area (Å²) in [6.45, 7) is 10.2. The predicted molar refractivity (Wildman–Crippen MR) is 72.0 cm³/mol. The summed E-state index contributed by atoms with van der Waals surface area (Å²) >= 11 is 1.60. The molecule has 0 radical (unpaired) electrons. The standard InChI is InChI=1S/C14H21NOS/c1-6-14(5,9-15)12(16)10-7-8-11(17-10)13(2,3)4/h7-8,12,16H,6H2,1-5H3. The number of thiophene rings is 1. The summed E-state index contributed by atoms with van der Waals surface area (Å²) in [5, 5.41) is 19.5. The van der Waals surface area contributed by atoms with Crippen molar-refractivity contribution in [3.8, 4) is 6.07 Å². The van der Waals surface area contributed by atoms with E-state index < -0.39 is 11.5 Å². The molecule has 0 saturated carbocycles. The van der Waals surface area contributed by atoms with Crippen LogP contribution in [-0.4, -0.2) is 5.11 Å². The molecule has 94 valence electrons. The highest BCUT2D eigenvalue weighted by Crippen LogP contribution is 2.41. The van der Waals surface area contributed by atoms with Gasteiger partial charge in [-0.3, -0.25) is 0 Å². The van der Waals surface area contributed by atoms with Crippen LogP contribution in [0.1, 0.15) is 56.9 Å². The molecule has 2 nitrogen and oxygen atoms in total. The van der Waals surface area contributed by atoms with Gasteiger partial charge in [-0.2, -0.15) is 5.26 Å². The van der Waals surface area contributed by atoms with E-state index in [-0.39, 0.29) is 5.41 Å². The molecule has 1 aromatic heterocycles. The van der Waals surface area contributed by atoms with Gasteiger partial charge in [0, 0.05) is 9.75 Å². The van der Waals surface area contributed by atoms with E-state index in [0.29, 0.717) is 6.42 Å². The molecule has 0 aromatic carbocycles. The van der Waals surface area contributed by atoms with Crippen LogP contribution < -0.4 is 0 Å². The second-order valence-electron chi connectivity index (χ2n) is 5.74. The van der Waals surface area contributed by atoms with Gasteiger partial charge in [-0.25, -0.2) is 0 Å². The number of rotatable bonds is 3. The van der Waals surface area contributed by atoms with Crippen LogP contribution in [0.5, 0.6) is 0 Å². The van der Waals surface area contributed by atoms with Crippen LogP contribution in [0.2, 0.25) is 0 Å². The molecule has 1 heterocycles. The maximum Gasteiger partial charge on any atom is 0.106 e. The van der Waals surface area contributed by atoms with Gasteiger partial charge in [-0.05, 0) is 30.9 Å². The highest BCUT2D eigenvalue weighted by atomic mass is 32.1. The Kier molecular flexibility index (Phi) is 4.01. The highest BCUT2D eigenvalue weighted by Gasteiger charge is 2.34. The van der Waals surface area contributed by atoms with Crippen LogP contribution in [0.15, 0.2) is 12.1 Å². The highest BCUT2D eigenvalue weighted by molar-refractivity contribution is 7.12. The zero-order chi connectivity index (χ0) is 13.3. The molecule has 1 rings (SSSR count). The summed E-state index contributed by atoms with van der Waals surface area (Å²) in [6.07, 6.45) is -0.0495. The van der Waals surface area contributed by atoms with E-state index in [4.69, 9.17) is 0 Å². The minimum Gasteiger partial charge on any atom is -0.386 e. The Morgan fingerprint density at radius 2 is 1.94 bits per heavy atom. The second-order valence-corrected chi connectivity index (χ2v) is 6.85. The third-order valence-corrected chi connectivity index (χ3v) is 4.79. The van der Waals surface area contributed by atoms with Crippen LogP contribution >= 0.6 is 11.3 Å². The SMILES string of the molecule is CCC(C)(C#N)C(O)c1ccc(C(C)(C)C)s1. The molecule has 0 spiro atoms. The Labute approximate surface area is 108 Å². The minimum absolute atomic E-state index is 0.0951. The lowest BCUT2D eigenvalue weighted by Crippen LogP contribution is -2.22. The topological polar surface area (TPSA) is 44.0 Å². The van der Waals surface area contributed by atoms with Gasteiger partial charge in [0.25, 0.3) is 0 Å². The van der Waals surface area contributed by atoms with E-state index in [9.17, 15) is 10.4 Å². The van der Waals surface area contributed by atoms with Gasteiger partial charge < -0.3 is 5.11 Å². The average Bonchev–Trinajstić information content (AvgIpc) is 2.75. The number of nitriles is 1. The maximum atomic E-state index is 10.3. The molecule has 2 atom stereocenters. The van der Waals surface area contributed by atoms with E-state index in [0.717, 1.165) is 4.88 Å². The lowest BCUT2D eigenvalue weighted by atomic mass is 9.82. The van der Waals surface area contributed by atoms with Crippen molar-refractivity contribution in [3.05, 3.63) is 21.9 Å². The molecule has 0 aliphatic heterocycles. The van der Waals surface area contributed by atoms with Gasteiger partial charge in [0.15, 0.2) is 0 Å². The first-order chi connectivity index (χ1) is 7.74. The van der Waals surface area contributed by atoms with Crippen LogP contribution in [0.25, 0.3) is 0 Å². The van der Waals surface area contributed by atoms with E-state index in [2.05, 4.69) is 32.9 Å². The normalized spacial score (nSPS) is 17.2. The molecule has 0 saturated heterocycles. The monoisotopic (exact) mass is 251 g/mol. The van der Waals surface area contributed by atoms with Gasteiger partial charge in [0.2, 0.25) is 0 Å². The van der Waals surface area contributed by atoms with Gasteiger partial charge in [0.05, 0.1) is 11.5 Å². The Bertz CT molecular complexity index is 424. The zero-order valence-corrected chi connectivity index (χ0v) is 12.1. The van der Waals surface area contributed by atoms with Crippen molar-refractivity contribution in [2.24, 2.45) is 5.41 Å². The molecule has 0 bridgehead atoms. The second kappa shape index (κ2) is 4.80. The molecule has 1 aromatic rings. The molecule has 0 aliphatic carbocycles. The summed E-state index contributed by atoms with van der Waals surface area (Å²) in [7, 11) is 0. The quantitative estimate of drug-likeness (QED) is 0.881. The van der Waals surface area contributed by atoms with Gasteiger partial charge in [-0.15, -0.1) is 11.3 Å². The van der Waals surface area contributed by atoms with Crippen molar-refractivity contribution in [3.63, 3.8) is 0 Å². The van der Waals surface area contributed by atoms with Crippen molar-refractivity contribution in [1.82, 2.24) is 0 Å². The minimum atomic E-state index is -0.696. The molecule has 3 heteroatoms. The fraction of sp³-hybridized carbons (Fsp3) is 0.643. The molecule has 0 fully saturated rings. The predicted octanol–water partition coefficient (Wildman–Crippen LogP) is 4.02. The summed E-state index contributed by atoms with van der Waals surface area (Å²) in [4.78, 5) is 2.13. The molecule has 0 amide bonds.